The zero-order valence-electron chi connectivity index (χ0n) is 14.6. The summed E-state index contributed by atoms with van der Waals surface area (Å²) in [4.78, 5) is 12.7. The van der Waals surface area contributed by atoms with Gasteiger partial charge in [-0.25, -0.2) is 4.79 Å². The molecule has 3 aromatic rings. The van der Waals surface area contributed by atoms with E-state index in [-0.39, 0.29) is 18.8 Å². The third-order valence-electron chi connectivity index (χ3n) is 4.19. The number of fused-ring (bicyclic) bond motifs is 1. The molecule has 0 spiro atoms. The summed E-state index contributed by atoms with van der Waals surface area (Å²) in [5.74, 6) is 0.573. The number of imidazole rings is 1. The van der Waals surface area contributed by atoms with Crippen molar-refractivity contribution in [3.05, 3.63) is 64.6 Å². The first kappa shape index (κ1) is 17.8. The topological polar surface area (TPSA) is 80.2 Å². The van der Waals surface area contributed by atoms with Gasteiger partial charge in [0.25, 0.3) is 0 Å². The molecule has 0 aliphatic rings. The van der Waals surface area contributed by atoms with Crippen LogP contribution in [0.1, 0.15) is 18.9 Å². The number of hydrogen-bond donors (Lipinski definition) is 1. The molecular weight excluding hydrogens is 330 g/mol. The van der Waals surface area contributed by atoms with E-state index in [1.165, 1.54) is 0 Å². The molecule has 3 rings (SSSR count). The Morgan fingerprint density at radius 3 is 2.38 bits per heavy atom. The van der Waals surface area contributed by atoms with Crippen LogP contribution >= 0.6 is 0 Å². The molecule has 1 heterocycles. The quantitative estimate of drug-likeness (QED) is 0.709. The number of aliphatic hydroxyl groups excluding tert-OH is 1. The van der Waals surface area contributed by atoms with Crippen LogP contribution in [0.4, 0.5) is 0 Å². The fourth-order valence-corrected chi connectivity index (χ4v) is 2.97. The SMILES string of the molecule is CCCn1c(=O)n(CC(O)COc2ccc(C#N)cc2)c2ccccc21. The Bertz CT molecular complexity index is 980. The van der Waals surface area contributed by atoms with Crippen LogP contribution in [0, 0.1) is 11.3 Å². The normalized spacial score (nSPS) is 12.0. The van der Waals surface area contributed by atoms with Crippen molar-refractivity contribution < 1.29 is 9.84 Å². The summed E-state index contributed by atoms with van der Waals surface area (Å²) in [7, 11) is 0. The summed E-state index contributed by atoms with van der Waals surface area (Å²) < 4.78 is 8.90. The van der Waals surface area contributed by atoms with Gasteiger partial charge in [0, 0.05) is 6.54 Å². The van der Waals surface area contributed by atoms with Crippen LogP contribution in [0.25, 0.3) is 11.0 Å². The Kier molecular flexibility index (Phi) is 5.40. The molecule has 1 aromatic heterocycles. The van der Waals surface area contributed by atoms with Crippen molar-refractivity contribution in [2.75, 3.05) is 6.61 Å². The van der Waals surface area contributed by atoms with Crippen molar-refractivity contribution in [3.63, 3.8) is 0 Å². The van der Waals surface area contributed by atoms with Gasteiger partial charge in [0.15, 0.2) is 0 Å². The van der Waals surface area contributed by atoms with Gasteiger partial charge in [0.2, 0.25) is 0 Å². The molecule has 1 atom stereocenters. The molecule has 6 heteroatoms. The minimum Gasteiger partial charge on any atom is -0.491 e. The number of rotatable bonds is 7. The fourth-order valence-electron chi connectivity index (χ4n) is 2.97. The third-order valence-corrected chi connectivity index (χ3v) is 4.19. The predicted molar refractivity (Wildman–Crippen MR) is 99.1 cm³/mol. The molecule has 0 fully saturated rings. The molecule has 0 amide bonds. The number of ether oxygens (including phenoxy) is 1. The van der Waals surface area contributed by atoms with E-state index in [9.17, 15) is 9.90 Å². The van der Waals surface area contributed by atoms with Crippen LogP contribution in [0.3, 0.4) is 0 Å². The van der Waals surface area contributed by atoms with E-state index >= 15 is 0 Å². The Morgan fingerprint density at radius 1 is 1.12 bits per heavy atom. The summed E-state index contributed by atoms with van der Waals surface area (Å²) >= 11 is 0. The summed E-state index contributed by atoms with van der Waals surface area (Å²) in [6.07, 6.45) is 0.0300. The molecule has 6 nitrogen and oxygen atoms in total. The number of aromatic nitrogens is 2. The molecule has 0 radical (unpaired) electrons. The molecule has 134 valence electrons. The maximum Gasteiger partial charge on any atom is 0.329 e. The average Bonchev–Trinajstić information content (AvgIpc) is 2.93. The fraction of sp³-hybridized carbons (Fsp3) is 0.300. The number of benzene rings is 2. The van der Waals surface area contributed by atoms with E-state index in [0.717, 1.165) is 17.5 Å². The van der Waals surface area contributed by atoms with Gasteiger partial charge in [-0.15, -0.1) is 0 Å². The number of aliphatic hydroxyl groups is 1. The van der Waals surface area contributed by atoms with E-state index in [0.29, 0.717) is 17.9 Å². The first-order chi connectivity index (χ1) is 12.6. The zero-order chi connectivity index (χ0) is 18.5. The molecule has 0 saturated carbocycles. The van der Waals surface area contributed by atoms with Gasteiger partial charge < -0.3 is 9.84 Å². The predicted octanol–water partition coefficient (Wildman–Crippen LogP) is 2.52. The van der Waals surface area contributed by atoms with Gasteiger partial charge in [0.05, 0.1) is 29.2 Å². The van der Waals surface area contributed by atoms with E-state index < -0.39 is 6.10 Å². The number of nitrogens with zero attached hydrogens (tertiary/aromatic N) is 3. The molecule has 0 aliphatic heterocycles. The highest BCUT2D eigenvalue weighted by atomic mass is 16.5. The van der Waals surface area contributed by atoms with Crippen LogP contribution in [-0.4, -0.2) is 27.0 Å². The van der Waals surface area contributed by atoms with E-state index in [4.69, 9.17) is 10.00 Å². The highest BCUT2D eigenvalue weighted by Gasteiger charge is 2.15. The number of hydrogen-bond acceptors (Lipinski definition) is 4. The minimum atomic E-state index is -0.829. The number of para-hydroxylation sites is 2. The highest BCUT2D eigenvalue weighted by Crippen LogP contribution is 2.15. The van der Waals surface area contributed by atoms with Crippen LogP contribution in [-0.2, 0) is 13.1 Å². The van der Waals surface area contributed by atoms with Gasteiger partial charge in [-0.1, -0.05) is 19.1 Å². The van der Waals surface area contributed by atoms with E-state index in [1.54, 1.807) is 33.4 Å². The lowest BCUT2D eigenvalue weighted by molar-refractivity contribution is 0.0924. The van der Waals surface area contributed by atoms with Crippen LogP contribution in [0.2, 0.25) is 0 Å². The lowest BCUT2D eigenvalue weighted by Gasteiger charge is -2.13. The Labute approximate surface area is 151 Å². The molecule has 26 heavy (non-hydrogen) atoms. The van der Waals surface area contributed by atoms with Crippen molar-refractivity contribution in [3.8, 4) is 11.8 Å². The molecule has 0 bridgehead atoms. The molecule has 0 saturated heterocycles. The first-order valence-corrected chi connectivity index (χ1v) is 8.63. The maximum atomic E-state index is 12.7. The van der Waals surface area contributed by atoms with E-state index in [2.05, 4.69) is 0 Å². The average molecular weight is 351 g/mol. The monoisotopic (exact) mass is 351 g/mol. The van der Waals surface area contributed by atoms with Crippen LogP contribution < -0.4 is 10.4 Å². The second-order valence-electron chi connectivity index (χ2n) is 6.13. The van der Waals surface area contributed by atoms with Gasteiger partial charge in [0.1, 0.15) is 18.5 Å². The first-order valence-electron chi connectivity index (χ1n) is 8.63. The van der Waals surface area contributed by atoms with Crippen molar-refractivity contribution in [2.45, 2.75) is 32.5 Å². The van der Waals surface area contributed by atoms with Gasteiger partial charge >= 0.3 is 5.69 Å². The van der Waals surface area contributed by atoms with Gasteiger partial charge in [-0.3, -0.25) is 9.13 Å². The molecule has 1 N–H and O–H groups in total. The summed E-state index contributed by atoms with van der Waals surface area (Å²) in [5.41, 5.74) is 2.11. The summed E-state index contributed by atoms with van der Waals surface area (Å²) in [5, 5.41) is 19.1. The van der Waals surface area contributed by atoms with E-state index in [1.807, 2.05) is 37.3 Å². The van der Waals surface area contributed by atoms with Crippen molar-refractivity contribution in [1.29, 1.82) is 5.26 Å². The molecular formula is C20H21N3O3. The van der Waals surface area contributed by atoms with Crippen molar-refractivity contribution >= 4 is 11.0 Å². The summed E-state index contributed by atoms with van der Waals surface area (Å²) in [6.45, 7) is 2.89. The standard InChI is InChI=1S/C20H21N3O3/c1-2-11-22-18-5-3-4-6-19(18)23(20(22)25)13-16(24)14-26-17-9-7-15(12-21)8-10-17/h3-10,16,24H,2,11,13-14H2,1H3. The number of aryl methyl sites for hydroxylation is 1. The lowest BCUT2D eigenvalue weighted by atomic mass is 10.2. The van der Waals surface area contributed by atoms with Gasteiger partial charge in [-0.2, -0.15) is 5.26 Å². The molecule has 1 unspecified atom stereocenters. The Morgan fingerprint density at radius 2 is 1.77 bits per heavy atom. The second kappa shape index (κ2) is 7.89. The van der Waals surface area contributed by atoms with Crippen molar-refractivity contribution in [2.24, 2.45) is 0 Å². The van der Waals surface area contributed by atoms with Crippen molar-refractivity contribution in [1.82, 2.24) is 9.13 Å². The maximum absolute atomic E-state index is 12.7. The summed E-state index contributed by atoms with van der Waals surface area (Å²) in [6, 6.07) is 16.3. The highest BCUT2D eigenvalue weighted by molar-refractivity contribution is 5.76. The third kappa shape index (κ3) is 3.63. The van der Waals surface area contributed by atoms with Crippen LogP contribution in [0.15, 0.2) is 53.3 Å². The minimum absolute atomic E-state index is 0.0611. The second-order valence-corrected chi connectivity index (χ2v) is 6.13. The smallest absolute Gasteiger partial charge is 0.329 e. The Balaban J connectivity index is 1.74. The van der Waals surface area contributed by atoms with Gasteiger partial charge in [-0.05, 0) is 42.8 Å². The van der Waals surface area contributed by atoms with Crippen LogP contribution in [0.5, 0.6) is 5.75 Å². The lowest BCUT2D eigenvalue weighted by Crippen LogP contribution is -2.31. The zero-order valence-corrected chi connectivity index (χ0v) is 14.6. The molecule has 2 aromatic carbocycles. The molecule has 0 aliphatic carbocycles. The number of nitriles is 1. The largest absolute Gasteiger partial charge is 0.491 e. The Hall–Kier alpha value is -3.04.